The number of benzene rings is 18. The third-order valence-electron chi connectivity index (χ3n) is 22.5. The molecule has 0 spiro atoms. The molecule has 0 aromatic heterocycles. The van der Waals surface area contributed by atoms with Gasteiger partial charge in [0.15, 0.2) is 0 Å². The molecule has 18 rings (SSSR count). The monoisotopic (exact) mass is 1770 g/mol. The Balaban J connectivity index is 0.000000181. The Labute approximate surface area is 750 Å². The molecule has 0 unspecified atom stereocenters. The van der Waals surface area contributed by atoms with E-state index in [-0.39, 0.29) is 17.1 Å². The SMILES string of the molecule is [Cu+2].c1ccc(P(Cc2ccccc2[Si-](c2ccccc2CP(c2ccccc2)c2ccccc2)c2ccccc2CP(c2ccccc2)c2ccccc2)c2ccccc2)cc1.c1ccc(P(Cc2ccccc2[Si-](c2ccccc2CP(c2ccccc2)c2ccccc2)c2ccccc2CP(c2ccccc2)c2ccccc2)c2ccccc2)cc1. The average Bonchev–Trinajstić information content (AvgIpc) is 0.769. The van der Waals surface area contributed by atoms with E-state index in [4.69, 9.17) is 0 Å². The Morgan fingerprint density at radius 1 is 0.114 bits per heavy atom. The van der Waals surface area contributed by atoms with E-state index in [0.29, 0.717) is 0 Å². The maximum absolute atomic E-state index is 2.48. The van der Waals surface area contributed by atoms with Gasteiger partial charge in [0.05, 0.1) is 0 Å². The third-order valence-corrected chi connectivity index (χ3v) is 43.7. The Kier molecular flexibility index (Phi) is 30.9. The van der Waals surface area contributed by atoms with Crippen LogP contribution < -0.4 is 94.8 Å². The molecule has 1 radical (unpaired) electrons. The molecule has 0 bridgehead atoms. The minimum Gasteiger partial charge on any atom is -0.218 e. The molecule has 0 amide bonds. The molecule has 0 saturated carbocycles. The van der Waals surface area contributed by atoms with Crippen LogP contribution in [0.25, 0.3) is 0 Å². The second-order valence-corrected chi connectivity index (χ2v) is 48.2. The smallest absolute Gasteiger partial charge is 0.218 e. The summed E-state index contributed by atoms with van der Waals surface area (Å²) in [5.41, 5.74) is 8.76. The Hall–Kier alpha value is -10.5. The van der Waals surface area contributed by atoms with Gasteiger partial charge in [-0.2, -0.15) is 31.1 Å². The van der Waals surface area contributed by atoms with Crippen LogP contribution >= 0.6 is 47.5 Å². The van der Waals surface area contributed by atoms with Crippen LogP contribution in [0, 0.1) is 0 Å². The van der Waals surface area contributed by atoms with Gasteiger partial charge >= 0.3 is 17.1 Å². The fraction of sp³-hybridized carbons (Fsp3) is 0.0526. The van der Waals surface area contributed by atoms with Crippen molar-refractivity contribution in [2.45, 2.75) is 37.0 Å². The van der Waals surface area contributed by atoms with Crippen molar-refractivity contribution in [3.8, 4) is 0 Å². The first kappa shape index (κ1) is 86.0. The summed E-state index contributed by atoms with van der Waals surface area (Å²) in [6, 6.07) is 192. The number of rotatable bonds is 30. The molecule has 0 fully saturated rings. The van der Waals surface area contributed by atoms with Crippen LogP contribution in [-0.4, -0.2) is 17.6 Å². The van der Waals surface area contributed by atoms with Crippen LogP contribution in [0.2, 0.25) is 0 Å². The van der Waals surface area contributed by atoms with Crippen LogP contribution in [0.1, 0.15) is 33.4 Å². The quantitative estimate of drug-likeness (QED) is 0.0239. The van der Waals surface area contributed by atoms with Crippen molar-refractivity contribution in [3.63, 3.8) is 0 Å². The Morgan fingerprint density at radius 3 is 0.309 bits per heavy atom. The van der Waals surface area contributed by atoms with Gasteiger partial charge in [-0.3, -0.25) is 0 Å². The molecule has 18 aromatic rings. The standard InChI is InChI=1S/2C57H48P3Si.Cu/c2*1-7-28-49(29-8-1)58(50-30-9-2-10-31-50)43-46-25-19-22-40-55(46)61(56-41-23-20-26-47(56)44-59(51-32-11-3-12-33-51)52-34-13-4-14-35-52)57-42-24-21-27-48(57)45-60(53-36-15-5-16-37-53)54-38-17-6-18-39-54;/h2*1-42H,43-45H2;/q2*-1;+2. The number of hydrogen-bond acceptors (Lipinski definition) is 0. The van der Waals surface area contributed by atoms with Crippen LogP contribution in [0.4, 0.5) is 0 Å². The van der Waals surface area contributed by atoms with E-state index in [1.54, 1.807) is 0 Å². The molecule has 601 valence electrons. The van der Waals surface area contributed by atoms with E-state index < -0.39 is 65.1 Å². The summed E-state index contributed by atoms with van der Waals surface area (Å²) in [5, 5.41) is 26.0. The third kappa shape index (κ3) is 21.8. The second-order valence-electron chi connectivity index (χ2n) is 30.2. The minimum atomic E-state index is -1.56. The van der Waals surface area contributed by atoms with Crippen molar-refractivity contribution < 1.29 is 17.1 Å². The van der Waals surface area contributed by atoms with Crippen LogP contribution in [0.15, 0.2) is 510 Å². The zero-order valence-electron chi connectivity index (χ0n) is 68.7. The normalized spacial score (nSPS) is 11.2. The maximum atomic E-state index is 2.48. The first-order chi connectivity index (χ1) is 60.6. The van der Waals surface area contributed by atoms with Gasteiger partial charge in [-0.15, -0.1) is 0 Å². The largest absolute Gasteiger partial charge is 2.00 e. The molecule has 0 saturated heterocycles. The van der Waals surface area contributed by atoms with Gasteiger partial charge in [-0.25, -0.2) is 17.6 Å². The number of hydrogen-bond donors (Lipinski definition) is 0. The molecule has 0 N–H and O–H groups in total. The van der Waals surface area contributed by atoms with E-state index in [0.717, 1.165) is 37.0 Å². The Morgan fingerprint density at radius 2 is 0.203 bits per heavy atom. The molecule has 123 heavy (non-hydrogen) atoms. The minimum absolute atomic E-state index is 0. The van der Waals surface area contributed by atoms with Crippen molar-refractivity contribution >= 4 is 160 Å². The zero-order valence-corrected chi connectivity index (χ0v) is 77.0. The zero-order chi connectivity index (χ0) is 82.1. The summed E-state index contributed by atoms with van der Waals surface area (Å²) in [4.78, 5) is 0. The topological polar surface area (TPSA) is 0 Å². The van der Waals surface area contributed by atoms with Gasteiger partial charge in [-0.1, -0.05) is 543 Å². The molecule has 0 aliphatic rings. The molecule has 0 heterocycles. The maximum Gasteiger partial charge on any atom is 2.00 e. The predicted octanol–water partition coefficient (Wildman–Crippen LogP) is 20.2. The molecular weight excluding hydrogens is 1670 g/mol. The fourth-order valence-electron chi connectivity index (χ4n) is 16.6. The molecule has 0 atom stereocenters. The van der Waals surface area contributed by atoms with Gasteiger partial charge in [0, 0.05) is 0 Å². The van der Waals surface area contributed by atoms with Gasteiger partial charge < -0.3 is 0 Å². The molecule has 0 aliphatic heterocycles. The summed E-state index contributed by atoms with van der Waals surface area (Å²) in [7, 11) is -7.00. The van der Waals surface area contributed by atoms with E-state index >= 15 is 0 Å². The van der Waals surface area contributed by atoms with Crippen molar-refractivity contribution in [2.24, 2.45) is 0 Å². The molecule has 0 nitrogen and oxygen atoms in total. The summed E-state index contributed by atoms with van der Waals surface area (Å²) in [6.07, 6.45) is 5.91. The first-order valence-electron chi connectivity index (χ1n) is 42.1. The predicted molar refractivity (Wildman–Crippen MR) is 545 cm³/mol. The molecular formula is C114H96CuP6Si2. The van der Waals surface area contributed by atoms with Gasteiger partial charge in [0.2, 0.25) is 0 Å². The van der Waals surface area contributed by atoms with Crippen molar-refractivity contribution in [1.82, 2.24) is 0 Å². The van der Waals surface area contributed by atoms with Crippen molar-refractivity contribution in [3.05, 3.63) is 543 Å². The van der Waals surface area contributed by atoms with E-state index in [2.05, 4.69) is 510 Å². The van der Waals surface area contributed by atoms with E-state index in [1.165, 1.54) is 128 Å². The van der Waals surface area contributed by atoms with E-state index in [1.807, 2.05) is 0 Å². The Bertz CT molecular complexity index is 5010. The van der Waals surface area contributed by atoms with Gasteiger partial charge in [0.25, 0.3) is 0 Å². The summed E-state index contributed by atoms with van der Waals surface area (Å²) >= 11 is 0. The average molecular weight is 1770 g/mol. The van der Waals surface area contributed by atoms with Crippen LogP contribution in [0.5, 0.6) is 0 Å². The first-order valence-corrected chi connectivity index (χ1v) is 54.3. The summed E-state index contributed by atoms with van der Waals surface area (Å²) in [5.74, 6) is 0. The molecule has 9 heteroatoms. The molecule has 0 aliphatic carbocycles. The van der Waals surface area contributed by atoms with Crippen LogP contribution in [0.3, 0.4) is 0 Å². The summed E-state index contributed by atoms with van der Waals surface area (Å²) in [6.45, 7) is 0. The van der Waals surface area contributed by atoms with Crippen molar-refractivity contribution in [1.29, 1.82) is 0 Å². The summed E-state index contributed by atoms with van der Waals surface area (Å²) < 4.78 is 0. The fourth-order valence-corrected chi connectivity index (χ4v) is 37.8. The molecule has 18 aromatic carbocycles. The van der Waals surface area contributed by atoms with E-state index in [9.17, 15) is 0 Å². The van der Waals surface area contributed by atoms with Gasteiger partial charge in [0.1, 0.15) is 0 Å². The van der Waals surface area contributed by atoms with Gasteiger partial charge in [-0.05, 0) is 148 Å². The van der Waals surface area contributed by atoms with Crippen LogP contribution in [-0.2, 0) is 54.0 Å². The second kappa shape index (κ2) is 44.2. The van der Waals surface area contributed by atoms with Crippen molar-refractivity contribution in [2.75, 3.05) is 0 Å².